The Bertz CT molecular complexity index is 565. The predicted molar refractivity (Wildman–Crippen MR) is 64.1 cm³/mol. The number of hydrogen-bond donors (Lipinski definition) is 1. The van der Waals surface area contributed by atoms with Gasteiger partial charge in [0.2, 0.25) is 0 Å². The predicted octanol–water partition coefficient (Wildman–Crippen LogP) is 3.30. The van der Waals surface area contributed by atoms with Crippen LogP contribution in [0.25, 0.3) is 10.8 Å². The molecule has 0 amide bonds. The van der Waals surface area contributed by atoms with Crippen LogP contribution in [0.5, 0.6) is 0 Å². The molecule has 0 saturated heterocycles. The summed E-state index contributed by atoms with van der Waals surface area (Å²) < 4.78 is 5.34. The van der Waals surface area contributed by atoms with Crippen LogP contribution < -0.4 is 0 Å². The number of aryl methyl sites for hydroxylation is 1. The molecule has 1 aliphatic rings. The summed E-state index contributed by atoms with van der Waals surface area (Å²) in [6, 6.07) is 0. The van der Waals surface area contributed by atoms with Crippen LogP contribution in [0.3, 0.4) is 0 Å². The van der Waals surface area contributed by atoms with Gasteiger partial charge in [-0.3, -0.25) is 0 Å². The number of nitrogens with zero attached hydrogens (tertiary/aromatic N) is 2. The highest BCUT2D eigenvalue weighted by molar-refractivity contribution is 7.71. The number of thiazole rings is 1. The molecule has 4 nitrogen and oxygen atoms in total. The van der Waals surface area contributed by atoms with E-state index in [-0.39, 0.29) is 0 Å². The van der Waals surface area contributed by atoms with E-state index in [9.17, 15) is 0 Å². The molecule has 1 aliphatic carbocycles. The van der Waals surface area contributed by atoms with Crippen LogP contribution in [0.15, 0.2) is 4.42 Å². The maximum absolute atomic E-state index is 5.34. The third-order valence-corrected chi connectivity index (χ3v) is 4.03. The Balaban J connectivity index is 2.07. The van der Waals surface area contributed by atoms with Crippen molar-refractivity contribution in [3.63, 3.8) is 0 Å². The molecule has 84 valence electrons. The number of rotatable bonds is 3. The minimum Gasteiger partial charge on any atom is -0.408 e. The van der Waals surface area contributed by atoms with E-state index in [1.54, 1.807) is 11.3 Å². The second kappa shape index (κ2) is 3.78. The molecular weight excluding hydrogens is 242 g/mol. The van der Waals surface area contributed by atoms with E-state index >= 15 is 0 Å². The monoisotopic (exact) mass is 253 g/mol. The molecule has 2 aromatic heterocycles. The fraction of sp³-hybridized carbons (Fsp3) is 0.500. The van der Waals surface area contributed by atoms with Gasteiger partial charge in [-0.1, -0.05) is 6.92 Å². The van der Waals surface area contributed by atoms with Crippen LogP contribution >= 0.6 is 23.6 Å². The van der Waals surface area contributed by atoms with Crippen molar-refractivity contribution < 1.29 is 4.42 Å². The lowest BCUT2D eigenvalue weighted by molar-refractivity contribution is 0.552. The average Bonchev–Trinajstić information content (AvgIpc) is 2.89. The van der Waals surface area contributed by atoms with E-state index in [0.29, 0.717) is 16.6 Å². The summed E-state index contributed by atoms with van der Waals surface area (Å²) in [6.45, 7) is 2.09. The second-order valence-electron chi connectivity index (χ2n) is 3.87. The molecule has 1 fully saturated rings. The number of H-pyrrole nitrogens is 1. The van der Waals surface area contributed by atoms with Crippen LogP contribution in [-0.4, -0.2) is 15.2 Å². The van der Waals surface area contributed by atoms with E-state index in [0.717, 1.165) is 17.0 Å². The van der Waals surface area contributed by atoms with E-state index in [1.165, 1.54) is 17.8 Å². The minimum absolute atomic E-state index is 0.318. The largest absolute Gasteiger partial charge is 0.408 e. The van der Waals surface area contributed by atoms with Crippen molar-refractivity contribution in [1.82, 2.24) is 15.2 Å². The van der Waals surface area contributed by atoms with E-state index < -0.39 is 0 Å². The highest BCUT2D eigenvalue weighted by atomic mass is 32.1. The molecule has 3 rings (SSSR count). The van der Waals surface area contributed by atoms with Gasteiger partial charge in [0, 0.05) is 5.92 Å². The van der Waals surface area contributed by atoms with E-state index in [4.69, 9.17) is 16.6 Å². The van der Waals surface area contributed by atoms with Crippen molar-refractivity contribution in [3.05, 3.63) is 15.5 Å². The summed E-state index contributed by atoms with van der Waals surface area (Å²) in [7, 11) is 0. The van der Waals surface area contributed by atoms with Crippen LogP contribution in [0.1, 0.15) is 36.4 Å². The summed E-state index contributed by atoms with van der Waals surface area (Å²) in [6.07, 6.45) is 3.42. The average molecular weight is 253 g/mol. The summed E-state index contributed by atoms with van der Waals surface area (Å²) >= 11 is 6.57. The van der Waals surface area contributed by atoms with Crippen LogP contribution in [0.4, 0.5) is 0 Å². The lowest BCUT2D eigenvalue weighted by atomic mass is 10.3. The third-order valence-electron chi connectivity index (χ3n) is 2.61. The van der Waals surface area contributed by atoms with Gasteiger partial charge >= 0.3 is 0 Å². The zero-order chi connectivity index (χ0) is 11.1. The molecule has 0 spiro atoms. The first-order valence-electron chi connectivity index (χ1n) is 5.33. The van der Waals surface area contributed by atoms with Gasteiger partial charge in [0.25, 0.3) is 10.7 Å². The molecule has 0 aromatic carbocycles. The zero-order valence-corrected chi connectivity index (χ0v) is 10.5. The quantitative estimate of drug-likeness (QED) is 0.853. The van der Waals surface area contributed by atoms with Gasteiger partial charge in [-0.2, -0.15) is 0 Å². The lowest BCUT2D eigenvalue weighted by Crippen LogP contribution is -1.85. The summed E-state index contributed by atoms with van der Waals surface area (Å²) in [5.74, 6) is 1.25. The van der Waals surface area contributed by atoms with Gasteiger partial charge in [-0.15, -0.1) is 16.4 Å². The van der Waals surface area contributed by atoms with Crippen molar-refractivity contribution >= 4 is 23.6 Å². The molecule has 0 radical (unpaired) electrons. The topological polar surface area (TPSA) is 54.7 Å². The maximum atomic E-state index is 5.34. The Morgan fingerprint density at radius 2 is 2.38 bits per heavy atom. The van der Waals surface area contributed by atoms with Crippen LogP contribution in [0.2, 0.25) is 0 Å². The number of nitrogens with one attached hydrogen (secondary N) is 1. The van der Waals surface area contributed by atoms with Gasteiger partial charge in [0.15, 0.2) is 0 Å². The molecule has 1 saturated carbocycles. The second-order valence-corrected chi connectivity index (χ2v) is 5.28. The standard InChI is InChI=1S/C10H11N3OS2/c1-2-6-7(8-12-13-10(15)14-8)16-9(11-6)5-3-4-5/h5H,2-4H2,1H3,(H,13,15). The Labute approximate surface area is 102 Å². The Hall–Kier alpha value is -1.01. The molecular formula is C10H11N3OS2. The summed E-state index contributed by atoms with van der Waals surface area (Å²) in [5, 5.41) is 7.93. The molecule has 0 aliphatic heterocycles. The number of hydrogen-bond acceptors (Lipinski definition) is 5. The van der Waals surface area contributed by atoms with Crippen LogP contribution in [0, 0.1) is 4.84 Å². The van der Waals surface area contributed by atoms with Crippen molar-refractivity contribution in [2.24, 2.45) is 0 Å². The van der Waals surface area contributed by atoms with Crippen LogP contribution in [-0.2, 0) is 6.42 Å². The Kier molecular flexibility index (Phi) is 2.40. The molecule has 6 heteroatoms. The van der Waals surface area contributed by atoms with Gasteiger partial charge in [0.1, 0.15) is 4.88 Å². The Morgan fingerprint density at radius 3 is 2.94 bits per heavy atom. The molecule has 1 N–H and O–H groups in total. The van der Waals surface area contributed by atoms with Gasteiger partial charge in [-0.05, 0) is 31.5 Å². The number of aromatic amines is 1. The molecule has 0 unspecified atom stereocenters. The summed E-state index contributed by atoms with van der Waals surface area (Å²) in [5.41, 5.74) is 1.07. The smallest absolute Gasteiger partial charge is 0.284 e. The van der Waals surface area contributed by atoms with E-state index in [1.807, 2.05) is 0 Å². The lowest BCUT2D eigenvalue weighted by Gasteiger charge is -1.90. The van der Waals surface area contributed by atoms with Gasteiger partial charge in [-0.25, -0.2) is 10.1 Å². The first-order valence-corrected chi connectivity index (χ1v) is 6.56. The third kappa shape index (κ3) is 1.72. The normalized spacial score (nSPS) is 15.6. The van der Waals surface area contributed by atoms with Crippen molar-refractivity contribution in [3.8, 4) is 10.8 Å². The SMILES string of the molecule is CCc1nc(C2CC2)sc1-c1n[nH]c(=S)o1. The minimum atomic E-state index is 0.318. The molecule has 16 heavy (non-hydrogen) atoms. The van der Waals surface area contributed by atoms with Gasteiger partial charge in [0.05, 0.1) is 10.7 Å². The summed E-state index contributed by atoms with van der Waals surface area (Å²) in [4.78, 5) is 5.99. The fourth-order valence-corrected chi connectivity index (χ4v) is 2.98. The van der Waals surface area contributed by atoms with Crippen molar-refractivity contribution in [2.45, 2.75) is 32.1 Å². The number of aromatic nitrogens is 3. The van der Waals surface area contributed by atoms with Crippen molar-refractivity contribution in [1.29, 1.82) is 0 Å². The Morgan fingerprint density at radius 1 is 1.56 bits per heavy atom. The maximum Gasteiger partial charge on any atom is 0.284 e. The van der Waals surface area contributed by atoms with Gasteiger partial charge < -0.3 is 4.42 Å². The molecule has 0 bridgehead atoms. The first kappa shape index (κ1) is 10.2. The highest BCUT2D eigenvalue weighted by Crippen LogP contribution is 2.44. The fourth-order valence-electron chi connectivity index (χ4n) is 1.61. The first-order chi connectivity index (χ1) is 7.78. The molecule has 2 heterocycles. The van der Waals surface area contributed by atoms with Crippen molar-refractivity contribution in [2.75, 3.05) is 0 Å². The molecule has 0 atom stereocenters. The van der Waals surface area contributed by atoms with E-state index in [2.05, 4.69) is 22.1 Å². The molecule has 2 aromatic rings. The highest BCUT2D eigenvalue weighted by Gasteiger charge is 2.29. The zero-order valence-electron chi connectivity index (χ0n) is 8.82.